The highest BCUT2D eigenvalue weighted by Crippen LogP contribution is 2.30. The molecule has 2 atom stereocenters. The van der Waals surface area contributed by atoms with Crippen molar-refractivity contribution in [1.82, 2.24) is 0 Å². The van der Waals surface area contributed by atoms with Crippen molar-refractivity contribution in [3.63, 3.8) is 0 Å². The van der Waals surface area contributed by atoms with E-state index in [9.17, 15) is 34.8 Å². The zero-order valence-electron chi connectivity index (χ0n) is 28.9. The number of Topliss-reactive ketones (excluding diaryl/α,β-unsaturated/α-hetero) is 3. The third kappa shape index (κ3) is 18.1. The largest absolute Gasteiger partial charge is 0.380 e. The van der Waals surface area contributed by atoms with E-state index in [4.69, 9.17) is 0 Å². The number of carbonyl (C=O) groups excluding carboxylic acids is 3. The van der Waals surface area contributed by atoms with Crippen molar-refractivity contribution in [2.75, 3.05) is 0 Å². The summed E-state index contributed by atoms with van der Waals surface area (Å²) in [6.07, 6.45) is 26.3. The number of aliphatic hydroxyl groups is 4. The minimum absolute atomic E-state index is 0.122. The molecule has 0 spiro atoms. The molecule has 0 aromatic rings. The van der Waals surface area contributed by atoms with Gasteiger partial charge in [0.05, 0.1) is 0 Å². The average Bonchev–Trinajstić information content (AvgIpc) is 3.00. The van der Waals surface area contributed by atoms with Crippen molar-refractivity contribution in [2.45, 2.75) is 218 Å². The highest BCUT2D eigenvalue weighted by Gasteiger charge is 2.62. The third-order valence-corrected chi connectivity index (χ3v) is 9.17. The summed E-state index contributed by atoms with van der Waals surface area (Å²) in [5.74, 6) is -6.76. The topological polar surface area (TPSA) is 132 Å². The average molecular weight is 627 g/mol. The van der Waals surface area contributed by atoms with Gasteiger partial charge in [0.15, 0.2) is 23.5 Å². The maximum Gasteiger partial charge on any atom is 0.241 e. The van der Waals surface area contributed by atoms with Crippen LogP contribution in [0, 0.1) is 0 Å². The summed E-state index contributed by atoms with van der Waals surface area (Å²) < 4.78 is 0. The van der Waals surface area contributed by atoms with Crippen molar-refractivity contribution in [3.05, 3.63) is 0 Å². The van der Waals surface area contributed by atoms with Crippen LogP contribution in [-0.4, -0.2) is 55.3 Å². The summed E-state index contributed by atoms with van der Waals surface area (Å²) in [6.45, 7) is 5.32. The van der Waals surface area contributed by atoms with Crippen LogP contribution in [0.2, 0.25) is 0 Å². The van der Waals surface area contributed by atoms with E-state index in [1.54, 1.807) is 0 Å². The first kappa shape index (κ1) is 42.9. The molecule has 0 fully saturated rings. The molecule has 44 heavy (non-hydrogen) atoms. The lowest BCUT2D eigenvalue weighted by Crippen LogP contribution is -2.70. The van der Waals surface area contributed by atoms with E-state index in [0.717, 1.165) is 51.9 Å². The molecule has 0 heterocycles. The van der Waals surface area contributed by atoms with Crippen molar-refractivity contribution in [2.24, 2.45) is 0 Å². The first-order valence-corrected chi connectivity index (χ1v) is 18.5. The van der Waals surface area contributed by atoms with Gasteiger partial charge in [-0.15, -0.1) is 0 Å². The van der Waals surface area contributed by atoms with Gasteiger partial charge in [0.2, 0.25) is 11.4 Å². The summed E-state index contributed by atoms with van der Waals surface area (Å²) in [6, 6.07) is 0. The van der Waals surface area contributed by atoms with Crippen LogP contribution >= 0.6 is 0 Å². The summed E-state index contributed by atoms with van der Waals surface area (Å²) >= 11 is 0. The normalized spacial score (nSPS) is 14.0. The lowest BCUT2D eigenvalue weighted by atomic mass is 9.78. The number of unbranched alkanes of at least 4 members (excludes halogenated alkanes) is 24. The molecule has 0 saturated carbocycles. The van der Waals surface area contributed by atoms with Gasteiger partial charge in [0.25, 0.3) is 0 Å². The molecule has 0 aromatic heterocycles. The molecule has 0 saturated heterocycles. The zero-order chi connectivity index (χ0) is 33.1. The van der Waals surface area contributed by atoms with Crippen molar-refractivity contribution < 1.29 is 34.8 Å². The fraction of sp³-hybridized carbons (Fsp3) is 0.919. The van der Waals surface area contributed by atoms with Crippen LogP contribution in [-0.2, 0) is 14.4 Å². The molecule has 0 aliphatic carbocycles. The molecule has 0 aliphatic rings. The maximum absolute atomic E-state index is 12.9. The van der Waals surface area contributed by atoms with Crippen LogP contribution in [0.3, 0.4) is 0 Å². The summed E-state index contributed by atoms with van der Waals surface area (Å²) in [4.78, 5) is 37.7. The standard InChI is InChI=1S/C37H70O7/c1-4-6-8-10-12-14-16-18-20-22-24-26-28-30-33(39)35(41)37(43,44)36(42,32(3)38)34(40)31-29-27-25-23-21-19-17-15-13-11-9-7-5-2/h35,41-44H,4-31H2,1-3H3. The third-order valence-electron chi connectivity index (χ3n) is 9.17. The fourth-order valence-electron chi connectivity index (χ4n) is 6.02. The molecule has 7 heteroatoms. The molecule has 4 N–H and O–H groups in total. The smallest absolute Gasteiger partial charge is 0.241 e. The van der Waals surface area contributed by atoms with Gasteiger partial charge in [-0.05, 0) is 19.8 Å². The molecular weight excluding hydrogens is 556 g/mol. The monoisotopic (exact) mass is 627 g/mol. The molecule has 0 amide bonds. The summed E-state index contributed by atoms with van der Waals surface area (Å²) in [7, 11) is 0. The minimum atomic E-state index is -3.58. The number of aliphatic hydroxyl groups excluding tert-OH is 1. The van der Waals surface area contributed by atoms with E-state index in [1.165, 1.54) is 103 Å². The highest BCUT2D eigenvalue weighted by atomic mass is 16.6. The Hall–Kier alpha value is -1.15. The molecule has 0 aliphatic heterocycles. The van der Waals surface area contributed by atoms with Gasteiger partial charge < -0.3 is 20.4 Å². The van der Waals surface area contributed by atoms with E-state index in [0.29, 0.717) is 19.3 Å². The molecule has 0 rings (SSSR count). The lowest BCUT2D eigenvalue weighted by Gasteiger charge is -2.38. The van der Waals surface area contributed by atoms with E-state index < -0.39 is 34.8 Å². The SMILES string of the molecule is CCCCCCCCCCCCCCCC(=O)C(O)C(O)(O)C(O)(C(C)=O)C(=O)CCCCCCCCCCCCCCC. The predicted octanol–water partition coefficient (Wildman–Crippen LogP) is 8.45. The van der Waals surface area contributed by atoms with Crippen LogP contribution < -0.4 is 0 Å². The molecule has 0 radical (unpaired) electrons. The van der Waals surface area contributed by atoms with Crippen LogP contribution in [0.5, 0.6) is 0 Å². The Balaban J connectivity index is 4.30. The van der Waals surface area contributed by atoms with E-state index in [2.05, 4.69) is 13.8 Å². The highest BCUT2D eigenvalue weighted by molar-refractivity contribution is 6.11. The van der Waals surface area contributed by atoms with Gasteiger partial charge in [-0.1, -0.05) is 168 Å². The van der Waals surface area contributed by atoms with Gasteiger partial charge in [-0.25, -0.2) is 0 Å². The maximum atomic E-state index is 12.9. The lowest BCUT2D eigenvalue weighted by molar-refractivity contribution is -0.288. The van der Waals surface area contributed by atoms with Crippen LogP contribution in [0.15, 0.2) is 0 Å². The fourth-order valence-corrected chi connectivity index (χ4v) is 6.02. The van der Waals surface area contributed by atoms with Gasteiger partial charge in [0, 0.05) is 12.8 Å². The number of ketones is 3. The zero-order valence-corrected chi connectivity index (χ0v) is 28.9. The Bertz CT molecular complexity index is 735. The summed E-state index contributed by atoms with van der Waals surface area (Å²) in [5, 5.41) is 42.5. The van der Waals surface area contributed by atoms with Gasteiger partial charge in [-0.3, -0.25) is 14.4 Å². The molecule has 0 bridgehead atoms. The molecular formula is C37H70O7. The Morgan fingerprint density at radius 1 is 0.477 bits per heavy atom. The van der Waals surface area contributed by atoms with Gasteiger partial charge in [0.1, 0.15) is 0 Å². The first-order chi connectivity index (χ1) is 21.1. The van der Waals surface area contributed by atoms with Crippen LogP contribution in [0.4, 0.5) is 0 Å². The number of hydrogen-bond acceptors (Lipinski definition) is 7. The predicted molar refractivity (Wildman–Crippen MR) is 179 cm³/mol. The minimum Gasteiger partial charge on any atom is -0.380 e. The second kappa shape index (κ2) is 27.0. The van der Waals surface area contributed by atoms with Crippen molar-refractivity contribution >= 4 is 17.3 Å². The van der Waals surface area contributed by atoms with E-state index in [-0.39, 0.29) is 12.8 Å². The number of rotatable bonds is 33. The Kier molecular flexibility index (Phi) is 26.3. The van der Waals surface area contributed by atoms with Crippen molar-refractivity contribution in [1.29, 1.82) is 0 Å². The Labute approximate surface area is 270 Å². The second-order valence-corrected chi connectivity index (χ2v) is 13.3. The molecule has 2 unspecified atom stereocenters. The van der Waals surface area contributed by atoms with Crippen LogP contribution in [0.1, 0.15) is 201 Å². The summed E-state index contributed by atoms with van der Waals surface area (Å²) in [5.41, 5.74) is -3.25. The molecule has 7 nitrogen and oxygen atoms in total. The van der Waals surface area contributed by atoms with Gasteiger partial charge >= 0.3 is 0 Å². The van der Waals surface area contributed by atoms with E-state index in [1.807, 2.05) is 0 Å². The Morgan fingerprint density at radius 2 is 0.750 bits per heavy atom. The number of hydrogen-bond donors (Lipinski definition) is 4. The van der Waals surface area contributed by atoms with Gasteiger partial charge in [-0.2, -0.15) is 0 Å². The molecule has 260 valence electrons. The number of carbonyl (C=O) groups is 3. The first-order valence-electron chi connectivity index (χ1n) is 18.5. The molecule has 0 aromatic carbocycles. The Morgan fingerprint density at radius 3 is 1.05 bits per heavy atom. The second-order valence-electron chi connectivity index (χ2n) is 13.3. The quantitative estimate of drug-likeness (QED) is 0.0326. The van der Waals surface area contributed by atoms with E-state index >= 15 is 0 Å². The van der Waals surface area contributed by atoms with Crippen LogP contribution in [0.25, 0.3) is 0 Å². The van der Waals surface area contributed by atoms with Crippen molar-refractivity contribution in [3.8, 4) is 0 Å².